The highest BCUT2D eigenvalue weighted by molar-refractivity contribution is 7.42. The highest BCUT2D eigenvalue weighted by Crippen LogP contribution is 2.53. The van der Waals surface area contributed by atoms with E-state index < -0.39 is 8.60 Å². The fourth-order valence-corrected chi connectivity index (χ4v) is 9.78. The molecule has 1 aliphatic carbocycles. The van der Waals surface area contributed by atoms with Crippen molar-refractivity contribution in [3.8, 4) is 11.5 Å². The van der Waals surface area contributed by atoms with Crippen molar-refractivity contribution in [1.82, 2.24) is 0 Å². The van der Waals surface area contributed by atoms with Crippen LogP contribution < -0.4 is 9.05 Å². The molecule has 4 heteroatoms. The molecule has 0 saturated heterocycles. The molecule has 5 rings (SSSR count). The second-order valence-electron chi connectivity index (χ2n) is 22.4. The van der Waals surface area contributed by atoms with Gasteiger partial charge in [0.05, 0.1) is 6.10 Å². The van der Waals surface area contributed by atoms with Gasteiger partial charge >= 0.3 is 8.60 Å². The summed E-state index contributed by atoms with van der Waals surface area (Å²) in [6, 6.07) is 19.5. The Hall–Kier alpha value is -2.61. The summed E-state index contributed by atoms with van der Waals surface area (Å²) in [5, 5.41) is 5.13. The van der Waals surface area contributed by atoms with Gasteiger partial charge in [-0.15, -0.1) is 0 Å². The quantitative estimate of drug-likeness (QED) is 0.0935. The van der Waals surface area contributed by atoms with E-state index in [1.54, 1.807) is 0 Å². The second-order valence-corrected chi connectivity index (χ2v) is 23.4. The Morgan fingerprint density at radius 2 is 0.750 bits per heavy atom. The van der Waals surface area contributed by atoms with Crippen molar-refractivity contribution >= 4 is 30.1 Å². The first-order chi connectivity index (χ1) is 27.9. The largest absolute Gasteiger partial charge is 0.463 e. The van der Waals surface area contributed by atoms with Crippen molar-refractivity contribution in [3.05, 3.63) is 81.9 Å². The van der Waals surface area contributed by atoms with Crippen LogP contribution in [-0.2, 0) is 37.0 Å². The minimum Gasteiger partial charge on any atom is -0.417 e. The summed E-state index contributed by atoms with van der Waals surface area (Å²) in [6.07, 6.45) is 12.0. The van der Waals surface area contributed by atoms with Gasteiger partial charge in [0, 0.05) is 11.1 Å². The van der Waals surface area contributed by atoms with Crippen molar-refractivity contribution in [1.29, 1.82) is 0 Å². The Bertz CT molecular complexity index is 1970. The molecule has 1 saturated carbocycles. The average molecular weight is 837 g/mol. The lowest BCUT2D eigenvalue weighted by Crippen LogP contribution is -2.22. The summed E-state index contributed by atoms with van der Waals surface area (Å²) < 4.78 is 21.9. The van der Waals surface area contributed by atoms with Gasteiger partial charge in [0.25, 0.3) is 0 Å². The first-order valence-electron chi connectivity index (χ1n) is 24.0. The van der Waals surface area contributed by atoms with Crippen LogP contribution in [0.25, 0.3) is 21.5 Å². The maximum absolute atomic E-state index is 7.40. The number of benzene rings is 4. The average Bonchev–Trinajstić information content (AvgIpc) is 3.22. The zero-order valence-electron chi connectivity index (χ0n) is 41.6. The topological polar surface area (TPSA) is 27.7 Å². The van der Waals surface area contributed by atoms with Crippen LogP contribution >= 0.6 is 8.60 Å². The number of hydrogen-bond donors (Lipinski definition) is 0. The molecular weight excluding hydrogens is 752 g/mol. The molecule has 0 amide bonds. The minimum atomic E-state index is -1.82. The summed E-state index contributed by atoms with van der Waals surface area (Å²) in [4.78, 5) is 0. The van der Waals surface area contributed by atoms with Crippen LogP contribution in [0.3, 0.4) is 0 Å². The van der Waals surface area contributed by atoms with Crippen LogP contribution in [0.4, 0.5) is 0 Å². The van der Waals surface area contributed by atoms with E-state index in [1.165, 1.54) is 74.2 Å². The first-order valence-corrected chi connectivity index (χ1v) is 25.1. The minimum absolute atomic E-state index is 0.0150. The van der Waals surface area contributed by atoms with Crippen molar-refractivity contribution in [3.63, 3.8) is 0 Å². The molecule has 4 aromatic carbocycles. The van der Waals surface area contributed by atoms with E-state index in [1.807, 2.05) is 0 Å². The molecule has 60 heavy (non-hydrogen) atoms. The molecule has 0 aromatic heterocycles. The van der Waals surface area contributed by atoms with Gasteiger partial charge in [0.1, 0.15) is 11.5 Å². The Balaban J connectivity index is 1.79. The van der Waals surface area contributed by atoms with Crippen LogP contribution in [-0.4, -0.2) is 6.10 Å². The summed E-state index contributed by atoms with van der Waals surface area (Å²) in [5.74, 6) is 1.78. The molecule has 4 aromatic rings. The lowest BCUT2D eigenvalue weighted by Gasteiger charge is -2.34. The summed E-state index contributed by atoms with van der Waals surface area (Å²) in [7, 11) is -1.82. The smallest absolute Gasteiger partial charge is 0.417 e. The summed E-state index contributed by atoms with van der Waals surface area (Å²) in [5.41, 5.74) is 7.89. The molecule has 0 bridgehead atoms. The third-order valence-corrected chi connectivity index (χ3v) is 17.2. The van der Waals surface area contributed by atoms with Crippen LogP contribution in [0.2, 0.25) is 0 Å². The van der Waals surface area contributed by atoms with Crippen molar-refractivity contribution in [2.45, 2.75) is 234 Å². The van der Waals surface area contributed by atoms with Gasteiger partial charge < -0.3 is 9.05 Å². The Morgan fingerprint density at radius 3 is 1.08 bits per heavy atom. The van der Waals surface area contributed by atoms with E-state index in [-0.39, 0.29) is 38.6 Å². The standard InChI is InChI=1S/C56H85O3P/c1-19-51(7,8)40-30-38-32-47(55(15,16)23-5)49(36-43(38)45(34-40)53(11,12)21-3)58-60(57-42-28-26-25-27-29-42)59-50-37-44-39(33-48(50)56(17,18)24-6)31-41(52(9,10)20-2)35-46(44)54(13,14)22-4/h30-37,42H,19-29H2,1-18H3. The number of rotatable bonds is 18. The molecule has 0 atom stereocenters. The Kier molecular flexibility index (Phi) is 14.7. The third-order valence-electron chi connectivity index (χ3n) is 16.0. The predicted octanol–water partition coefficient (Wildman–Crippen LogP) is 18.2. The fraction of sp³-hybridized carbons (Fsp3) is 0.643. The summed E-state index contributed by atoms with van der Waals surface area (Å²) >= 11 is 0. The third kappa shape index (κ3) is 10.1. The number of hydrogen-bond acceptors (Lipinski definition) is 3. The van der Waals surface area contributed by atoms with Gasteiger partial charge in [-0.05, 0) is 152 Å². The zero-order chi connectivity index (χ0) is 44.6. The van der Waals surface area contributed by atoms with Crippen molar-refractivity contribution < 1.29 is 13.6 Å². The molecule has 0 radical (unpaired) electrons. The normalized spacial score (nSPS) is 15.4. The SMILES string of the molecule is CCC(C)(C)c1cc(C(C)(C)CC)c2cc(OP(Oc3cc4c(C(C)(C)CC)cc(C(C)(C)CC)cc4cc3C(C)(C)CC)OC3CCCCC3)c(C(C)(C)CC)cc2c1. The molecule has 0 heterocycles. The van der Waals surface area contributed by atoms with E-state index in [2.05, 4.69) is 173 Å². The molecule has 1 aliphatic rings. The molecule has 0 spiro atoms. The van der Waals surface area contributed by atoms with E-state index in [9.17, 15) is 0 Å². The van der Waals surface area contributed by atoms with Crippen LogP contribution in [0.5, 0.6) is 11.5 Å². The maximum atomic E-state index is 7.40. The number of fused-ring (bicyclic) bond motifs is 2. The Labute approximate surface area is 369 Å². The molecule has 0 N–H and O–H groups in total. The summed E-state index contributed by atoms with van der Waals surface area (Å²) in [6.45, 7) is 42.4. The van der Waals surface area contributed by atoms with Gasteiger partial charge in [-0.2, -0.15) is 0 Å². The van der Waals surface area contributed by atoms with Gasteiger partial charge in [-0.3, -0.25) is 4.52 Å². The highest BCUT2D eigenvalue weighted by Gasteiger charge is 2.35. The maximum Gasteiger partial charge on any atom is 0.463 e. The van der Waals surface area contributed by atoms with Gasteiger partial charge in [-0.1, -0.05) is 168 Å². The highest BCUT2D eigenvalue weighted by atomic mass is 31.2. The first kappa shape index (κ1) is 48.4. The fourth-order valence-electron chi connectivity index (χ4n) is 8.58. The second kappa shape index (κ2) is 18.2. The molecule has 0 unspecified atom stereocenters. The van der Waals surface area contributed by atoms with E-state index in [0.29, 0.717) is 0 Å². The molecule has 332 valence electrons. The predicted molar refractivity (Wildman–Crippen MR) is 264 cm³/mol. The molecular formula is C56H85O3P. The lowest BCUT2D eigenvalue weighted by atomic mass is 9.73. The van der Waals surface area contributed by atoms with Gasteiger partial charge in [-0.25, -0.2) is 0 Å². The van der Waals surface area contributed by atoms with Crippen LogP contribution in [0, 0.1) is 0 Å². The van der Waals surface area contributed by atoms with Crippen molar-refractivity contribution in [2.75, 3.05) is 0 Å². The molecule has 3 nitrogen and oxygen atoms in total. The van der Waals surface area contributed by atoms with Crippen LogP contribution in [0.15, 0.2) is 48.5 Å². The molecule has 1 fully saturated rings. The van der Waals surface area contributed by atoms with Gasteiger partial charge in [0.15, 0.2) is 0 Å². The molecule has 0 aliphatic heterocycles. The van der Waals surface area contributed by atoms with E-state index in [0.717, 1.165) is 62.9 Å². The van der Waals surface area contributed by atoms with Crippen molar-refractivity contribution in [2.24, 2.45) is 0 Å². The lowest BCUT2D eigenvalue weighted by molar-refractivity contribution is 0.138. The zero-order valence-corrected chi connectivity index (χ0v) is 42.5. The van der Waals surface area contributed by atoms with E-state index >= 15 is 0 Å². The van der Waals surface area contributed by atoms with E-state index in [4.69, 9.17) is 13.6 Å². The monoisotopic (exact) mass is 837 g/mol. The Morgan fingerprint density at radius 1 is 0.417 bits per heavy atom. The van der Waals surface area contributed by atoms with Crippen LogP contribution in [0.1, 0.15) is 229 Å². The van der Waals surface area contributed by atoms with Gasteiger partial charge in [0.2, 0.25) is 0 Å².